The first-order valence-electron chi connectivity index (χ1n) is 7.71. The van der Waals surface area contributed by atoms with Crippen LogP contribution < -0.4 is 19.1 Å². The fourth-order valence-corrected chi connectivity index (χ4v) is 3.81. The van der Waals surface area contributed by atoms with Crippen LogP contribution in [0.25, 0.3) is 6.08 Å². The maximum absolute atomic E-state index is 12.9. The second-order valence-electron chi connectivity index (χ2n) is 5.33. The molecule has 1 amide bonds. The number of anilines is 1. The quantitative estimate of drug-likeness (QED) is 0.568. The maximum Gasteiger partial charge on any atom is 0.270 e. The number of ether oxygens (including phenoxy) is 3. The summed E-state index contributed by atoms with van der Waals surface area (Å²) in [6.07, 6.45) is 1.80. The number of rotatable bonds is 5. The summed E-state index contributed by atoms with van der Waals surface area (Å²) in [6.45, 7) is 0. The summed E-state index contributed by atoms with van der Waals surface area (Å²) >= 11 is 6.68. The Hall–Kier alpha value is -2.51. The molecule has 26 heavy (non-hydrogen) atoms. The van der Waals surface area contributed by atoms with Crippen LogP contribution in [-0.2, 0) is 4.79 Å². The molecule has 1 saturated heterocycles. The van der Waals surface area contributed by atoms with E-state index in [9.17, 15) is 4.79 Å². The van der Waals surface area contributed by atoms with Gasteiger partial charge in [0, 0.05) is 6.07 Å². The van der Waals surface area contributed by atoms with Crippen LogP contribution in [0.1, 0.15) is 5.56 Å². The SMILES string of the molecule is COc1cccc(/C=C2\SC(=S)N(c3ccc(OC)cc3OC)C2=O)c1. The average Bonchev–Trinajstić information content (AvgIpc) is 2.94. The van der Waals surface area contributed by atoms with Crippen molar-refractivity contribution in [2.45, 2.75) is 0 Å². The summed E-state index contributed by atoms with van der Waals surface area (Å²) in [4.78, 5) is 14.9. The minimum Gasteiger partial charge on any atom is -0.497 e. The van der Waals surface area contributed by atoms with Crippen molar-refractivity contribution >= 4 is 46.0 Å². The van der Waals surface area contributed by atoms with Crippen molar-refractivity contribution in [1.29, 1.82) is 0 Å². The van der Waals surface area contributed by atoms with Crippen molar-refractivity contribution in [2.24, 2.45) is 0 Å². The first-order valence-corrected chi connectivity index (χ1v) is 8.94. The van der Waals surface area contributed by atoms with E-state index in [0.29, 0.717) is 26.4 Å². The maximum atomic E-state index is 12.9. The van der Waals surface area contributed by atoms with Gasteiger partial charge in [0.1, 0.15) is 17.2 Å². The average molecular weight is 387 g/mol. The number of methoxy groups -OCH3 is 3. The normalized spacial score (nSPS) is 15.5. The molecule has 0 bridgehead atoms. The highest BCUT2D eigenvalue weighted by molar-refractivity contribution is 8.27. The third kappa shape index (κ3) is 3.54. The smallest absolute Gasteiger partial charge is 0.270 e. The number of thioether (sulfide) groups is 1. The van der Waals surface area contributed by atoms with Crippen LogP contribution in [0.5, 0.6) is 17.2 Å². The Balaban J connectivity index is 1.95. The van der Waals surface area contributed by atoms with Crippen molar-refractivity contribution in [2.75, 3.05) is 26.2 Å². The third-order valence-corrected chi connectivity index (χ3v) is 5.12. The Morgan fingerprint density at radius 3 is 2.42 bits per heavy atom. The lowest BCUT2D eigenvalue weighted by atomic mass is 10.2. The number of carbonyl (C=O) groups is 1. The highest BCUT2D eigenvalue weighted by Crippen LogP contribution is 2.41. The number of hydrogen-bond acceptors (Lipinski definition) is 6. The van der Waals surface area contributed by atoms with Gasteiger partial charge in [0.05, 0.1) is 31.9 Å². The largest absolute Gasteiger partial charge is 0.497 e. The molecule has 0 unspecified atom stereocenters. The molecule has 5 nitrogen and oxygen atoms in total. The summed E-state index contributed by atoms with van der Waals surface area (Å²) in [5.41, 5.74) is 1.45. The number of hydrogen-bond donors (Lipinski definition) is 0. The molecule has 1 aliphatic rings. The number of carbonyl (C=O) groups excluding carboxylic acids is 1. The zero-order valence-electron chi connectivity index (χ0n) is 14.5. The molecule has 134 valence electrons. The number of amides is 1. The molecule has 2 aromatic carbocycles. The van der Waals surface area contributed by atoms with E-state index in [1.807, 2.05) is 24.3 Å². The Morgan fingerprint density at radius 2 is 1.73 bits per heavy atom. The predicted molar refractivity (Wildman–Crippen MR) is 108 cm³/mol. The van der Waals surface area contributed by atoms with Gasteiger partial charge in [-0.05, 0) is 35.9 Å². The van der Waals surface area contributed by atoms with Crippen LogP contribution >= 0.6 is 24.0 Å². The zero-order valence-corrected chi connectivity index (χ0v) is 16.1. The van der Waals surface area contributed by atoms with Crippen LogP contribution in [0, 0.1) is 0 Å². The lowest BCUT2D eigenvalue weighted by Gasteiger charge is -2.18. The fraction of sp³-hybridized carbons (Fsp3) is 0.158. The molecule has 1 heterocycles. The Labute approximate surface area is 161 Å². The first kappa shape index (κ1) is 18.3. The van der Waals surface area contributed by atoms with Gasteiger partial charge in [-0.15, -0.1) is 0 Å². The molecule has 0 aliphatic carbocycles. The van der Waals surface area contributed by atoms with Crippen molar-refractivity contribution in [3.63, 3.8) is 0 Å². The molecule has 1 aliphatic heterocycles. The summed E-state index contributed by atoms with van der Waals surface area (Å²) < 4.78 is 16.3. The number of nitrogens with zero attached hydrogens (tertiary/aromatic N) is 1. The van der Waals surface area contributed by atoms with Crippen LogP contribution in [-0.4, -0.2) is 31.6 Å². The van der Waals surface area contributed by atoms with E-state index in [1.54, 1.807) is 45.6 Å². The second-order valence-corrected chi connectivity index (χ2v) is 7.01. The standard InChI is InChI=1S/C19H17NO4S2/c1-22-13-6-4-5-12(9-13)10-17-18(21)20(19(25)26-17)15-8-7-14(23-2)11-16(15)24-3/h4-11H,1-3H3/b17-10-. The molecule has 2 aromatic rings. The minimum atomic E-state index is -0.189. The highest BCUT2D eigenvalue weighted by Gasteiger charge is 2.35. The van der Waals surface area contributed by atoms with Gasteiger partial charge < -0.3 is 14.2 Å². The molecule has 0 aromatic heterocycles. The summed E-state index contributed by atoms with van der Waals surface area (Å²) in [5.74, 6) is 1.70. The van der Waals surface area contributed by atoms with Gasteiger partial charge in [0.25, 0.3) is 5.91 Å². The molecule has 0 N–H and O–H groups in total. The molecular formula is C19H17NO4S2. The lowest BCUT2D eigenvalue weighted by molar-refractivity contribution is -0.113. The number of benzene rings is 2. The monoisotopic (exact) mass is 387 g/mol. The zero-order chi connectivity index (χ0) is 18.7. The van der Waals surface area contributed by atoms with E-state index in [-0.39, 0.29) is 5.91 Å². The molecule has 0 spiro atoms. The van der Waals surface area contributed by atoms with Gasteiger partial charge in [0.2, 0.25) is 0 Å². The van der Waals surface area contributed by atoms with E-state index < -0.39 is 0 Å². The van der Waals surface area contributed by atoms with E-state index in [4.69, 9.17) is 26.4 Å². The van der Waals surface area contributed by atoms with Crippen molar-refractivity contribution in [3.05, 3.63) is 52.9 Å². The van der Waals surface area contributed by atoms with E-state index in [2.05, 4.69) is 0 Å². The molecule has 1 fully saturated rings. The van der Waals surface area contributed by atoms with Crippen LogP contribution in [0.3, 0.4) is 0 Å². The van der Waals surface area contributed by atoms with Crippen LogP contribution in [0.15, 0.2) is 47.4 Å². The molecular weight excluding hydrogens is 370 g/mol. The summed E-state index contributed by atoms with van der Waals surface area (Å²) in [7, 11) is 4.72. The van der Waals surface area contributed by atoms with Gasteiger partial charge >= 0.3 is 0 Å². The fourth-order valence-electron chi connectivity index (χ4n) is 2.53. The van der Waals surface area contributed by atoms with E-state index >= 15 is 0 Å². The predicted octanol–water partition coefficient (Wildman–Crippen LogP) is 4.12. The van der Waals surface area contributed by atoms with Crippen molar-refractivity contribution in [1.82, 2.24) is 0 Å². The van der Waals surface area contributed by atoms with Gasteiger partial charge in [-0.25, -0.2) is 0 Å². The third-order valence-electron chi connectivity index (χ3n) is 3.81. The van der Waals surface area contributed by atoms with Gasteiger partial charge in [-0.1, -0.05) is 36.1 Å². The van der Waals surface area contributed by atoms with Crippen LogP contribution in [0.4, 0.5) is 5.69 Å². The van der Waals surface area contributed by atoms with Gasteiger partial charge in [-0.3, -0.25) is 9.69 Å². The molecule has 0 saturated carbocycles. The van der Waals surface area contributed by atoms with Crippen molar-refractivity contribution in [3.8, 4) is 17.2 Å². The Bertz CT molecular complexity index is 895. The second kappa shape index (κ2) is 7.80. The summed E-state index contributed by atoms with van der Waals surface area (Å²) in [6, 6.07) is 12.7. The van der Waals surface area contributed by atoms with Gasteiger partial charge in [0.15, 0.2) is 4.32 Å². The minimum absolute atomic E-state index is 0.189. The highest BCUT2D eigenvalue weighted by atomic mass is 32.2. The number of thiocarbonyl (C=S) groups is 1. The topological polar surface area (TPSA) is 48.0 Å². The van der Waals surface area contributed by atoms with Gasteiger partial charge in [-0.2, -0.15) is 0 Å². The summed E-state index contributed by atoms with van der Waals surface area (Å²) in [5, 5.41) is 0. The lowest BCUT2D eigenvalue weighted by Crippen LogP contribution is -2.27. The Kier molecular flexibility index (Phi) is 5.49. The first-order chi connectivity index (χ1) is 12.6. The Morgan fingerprint density at radius 1 is 1.00 bits per heavy atom. The van der Waals surface area contributed by atoms with Crippen molar-refractivity contribution < 1.29 is 19.0 Å². The van der Waals surface area contributed by atoms with E-state index in [1.165, 1.54) is 16.7 Å². The van der Waals surface area contributed by atoms with E-state index in [0.717, 1.165) is 11.3 Å². The van der Waals surface area contributed by atoms with Crippen LogP contribution in [0.2, 0.25) is 0 Å². The molecule has 3 rings (SSSR count). The molecule has 0 atom stereocenters. The molecule has 7 heteroatoms. The molecule has 0 radical (unpaired) electrons.